The molecule has 0 spiro atoms. The lowest BCUT2D eigenvalue weighted by molar-refractivity contribution is 0.0683. The Morgan fingerprint density at radius 1 is 1.18 bits per heavy atom. The van der Waals surface area contributed by atoms with Crippen LogP contribution in [0, 0.1) is 0 Å². The van der Waals surface area contributed by atoms with Crippen molar-refractivity contribution in [3.63, 3.8) is 0 Å². The number of likely N-dealkylation sites (N-methyl/N-ethyl adjacent to an activating group) is 1. The highest BCUT2D eigenvalue weighted by Gasteiger charge is 2.17. The van der Waals surface area contributed by atoms with E-state index < -0.39 is 9.84 Å². The molecule has 0 atom stereocenters. The Morgan fingerprint density at radius 2 is 1.86 bits per heavy atom. The van der Waals surface area contributed by atoms with Crippen LogP contribution in [-0.2, 0) is 14.6 Å². The first-order chi connectivity index (χ1) is 10.3. The normalized spacial score (nSPS) is 11.7. The molecule has 1 aromatic carbocycles. The van der Waals surface area contributed by atoms with Crippen LogP contribution in [0.4, 0.5) is 0 Å². The summed E-state index contributed by atoms with van der Waals surface area (Å²) in [6, 6.07) is 6.13. The minimum atomic E-state index is -3.33. The molecule has 6 nitrogen and oxygen atoms in total. The van der Waals surface area contributed by atoms with Gasteiger partial charge in [-0.2, -0.15) is 0 Å². The highest BCUT2D eigenvalue weighted by molar-refractivity contribution is 7.90. The molecule has 0 saturated carbocycles. The van der Waals surface area contributed by atoms with Crippen LogP contribution < -0.4 is 0 Å². The van der Waals surface area contributed by atoms with Crippen molar-refractivity contribution < 1.29 is 17.9 Å². The molecular weight excluding hydrogens is 304 g/mol. The molecule has 0 fully saturated rings. The standard InChI is InChI=1S/C15H24N2O4S/c1-16(2)8-9-17(10-11-21-3)15(18)13-6-5-7-14(12-13)22(4,19)20/h5-7,12H,8-11H2,1-4H3. The van der Waals surface area contributed by atoms with E-state index in [2.05, 4.69) is 0 Å². The lowest BCUT2D eigenvalue weighted by atomic mass is 10.2. The summed E-state index contributed by atoms with van der Waals surface area (Å²) >= 11 is 0. The molecule has 0 saturated heterocycles. The van der Waals surface area contributed by atoms with Gasteiger partial charge in [0, 0.05) is 38.6 Å². The second-order valence-corrected chi connectivity index (χ2v) is 7.40. The van der Waals surface area contributed by atoms with Gasteiger partial charge in [0.15, 0.2) is 9.84 Å². The number of rotatable bonds is 8. The topological polar surface area (TPSA) is 66.9 Å². The lowest BCUT2D eigenvalue weighted by Crippen LogP contribution is -2.38. The molecule has 7 heteroatoms. The average molecular weight is 328 g/mol. The predicted molar refractivity (Wildman–Crippen MR) is 85.9 cm³/mol. The first-order valence-corrected chi connectivity index (χ1v) is 8.88. The van der Waals surface area contributed by atoms with E-state index in [1.807, 2.05) is 19.0 Å². The summed E-state index contributed by atoms with van der Waals surface area (Å²) in [5.41, 5.74) is 0.373. The summed E-state index contributed by atoms with van der Waals surface area (Å²) in [7, 11) is 2.12. The molecule has 0 radical (unpaired) electrons. The van der Waals surface area contributed by atoms with Crippen LogP contribution >= 0.6 is 0 Å². The minimum absolute atomic E-state index is 0.151. The lowest BCUT2D eigenvalue weighted by Gasteiger charge is -2.24. The smallest absolute Gasteiger partial charge is 0.254 e. The van der Waals surface area contributed by atoms with E-state index >= 15 is 0 Å². The fraction of sp³-hybridized carbons (Fsp3) is 0.533. The largest absolute Gasteiger partial charge is 0.383 e. The SMILES string of the molecule is COCCN(CCN(C)C)C(=O)c1cccc(S(C)(=O)=O)c1. The fourth-order valence-corrected chi connectivity index (χ4v) is 2.55. The third-order valence-corrected chi connectivity index (χ3v) is 4.29. The molecule has 0 unspecified atom stereocenters. The molecule has 124 valence electrons. The Kier molecular flexibility index (Phi) is 6.99. The van der Waals surface area contributed by atoms with Crippen molar-refractivity contribution in [3.8, 4) is 0 Å². The molecule has 0 aliphatic heterocycles. The van der Waals surface area contributed by atoms with Crippen LogP contribution in [0.25, 0.3) is 0 Å². The van der Waals surface area contributed by atoms with Gasteiger partial charge in [-0.25, -0.2) is 8.42 Å². The molecule has 0 aliphatic carbocycles. The van der Waals surface area contributed by atoms with E-state index in [1.54, 1.807) is 24.1 Å². The third kappa shape index (κ3) is 5.75. The van der Waals surface area contributed by atoms with E-state index in [-0.39, 0.29) is 10.8 Å². The van der Waals surface area contributed by atoms with E-state index in [1.165, 1.54) is 12.1 Å². The van der Waals surface area contributed by atoms with Crippen molar-refractivity contribution in [1.82, 2.24) is 9.80 Å². The van der Waals surface area contributed by atoms with Crippen molar-refractivity contribution in [2.24, 2.45) is 0 Å². The summed E-state index contributed by atoms with van der Waals surface area (Å²) in [5.74, 6) is -0.190. The number of hydrogen-bond donors (Lipinski definition) is 0. The van der Waals surface area contributed by atoms with E-state index in [9.17, 15) is 13.2 Å². The third-order valence-electron chi connectivity index (χ3n) is 3.18. The van der Waals surface area contributed by atoms with Crippen LogP contribution in [0.5, 0.6) is 0 Å². The van der Waals surface area contributed by atoms with Gasteiger partial charge in [0.1, 0.15) is 0 Å². The Bertz CT molecular complexity index is 599. The van der Waals surface area contributed by atoms with E-state index in [4.69, 9.17) is 4.74 Å². The van der Waals surface area contributed by atoms with Crippen molar-refractivity contribution >= 4 is 15.7 Å². The van der Waals surface area contributed by atoms with Gasteiger partial charge >= 0.3 is 0 Å². The monoisotopic (exact) mass is 328 g/mol. The Labute approximate surface area is 132 Å². The van der Waals surface area contributed by atoms with E-state index in [0.717, 1.165) is 12.8 Å². The average Bonchev–Trinajstić information content (AvgIpc) is 2.46. The van der Waals surface area contributed by atoms with Gasteiger partial charge in [0.25, 0.3) is 5.91 Å². The van der Waals surface area contributed by atoms with Crippen LogP contribution in [0.3, 0.4) is 0 Å². The molecule has 1 rings (SSSR count). The molecular formula is C15H24N2O4S. The number of amides is 1. The second kappa shape index (κ2) is 8.26. The highest BCUT2D eigenvalue weighted by atomic mass is 32.2. The zero-order valence-electron chi connectivity index (χ0n) is 13.6. The Morgan fingerprint density at radius 3 is 2.41 bits per heavy atom. The van der Waals surface area contributed by atoms with Gasteiger partial charge in [-0.15, -0.1) is 0 Å². The van der Waals surface area contributed by atoms with Gasteiger partial charge in [-0.05, 0) is 32.3 Å². The number of carbonyl (C=O) groups is 1. The Balaban J connectivity index is 2.97. The molecule has 0 bridgehead atoms. The van der Waals surface area contributed by atoms with Crippen LogP contribution in [0.1, 0.15) is 10.4 Å². The summed E-state index contributed by atoms with van der Waals surface area (Å²) in [6.07, 6.45) is 1.13. The zero-order chi connectivity index (χ0) is 16.8. The predicted octanol–water partition coefficient (Wildman–Crippen LogP) is 0.740. The first-order valence-electron chi connectivity index (χ1n) is 6.98. The number of nitrogens with zero attached hydrogens (tertiary/aromatic N) is 2. The van der Waals surface area contributed by atoms with Gasteiger partial charge in [-0.3, -0.25) is 4.79 Å². The van der Waals surface area contributed by atoms with Gasteiger partial charge in [-0.1, -0.05) is 6.07 Å². The Hall–Kier alpha value is -1.44. The fourth-order valence-electron chi connectivity index (χ4n) is 1.88. The summed E-state index contributed by atoms with van der Waals surface area (Å²) in [6.45, 7) is 2.18. The van der Waals surface area contributed by atoms with Gasteiger partial charge in [0.05, 0.1) is 11.5 Å². The molecule has 1 aromatic rings. The maximum absolute atomic E-state index is 12.6. The molecule has 0 aromatic heterocycles. The molecule has 0 N–H and O–H groups in total. The van der Waals surface area contributed by atoms with Crippen molar-refractivity contribution in [2.45, 2.75) is 4.90 Å². The maximum Gasteiger partial charge on any atom is 0.254 e. The first kappa shape index (κ1) is 18.6. The minimum Gasteiger partial charge on any atom is -0.383 e. The van der Waals surface area contributed by atoms with Crippen LogP contribution in [0.2, 0.25) is 0 Å². The summed E-state index contributed by atoms with van der Waals surface area (Å²) in [4.78, 5) is 16.4. The zero-order valence-corrected chi connectivity index (χ0v) is 14.4. The number of hydrogen-bond acceptors (Lipinski definition) is 5. The number of methoxy groups -OCH3 is 1. The quantitative estimate of drug-likeness (QED) is 0.704. The van der Waals surface area contributed by atoms with Crippen molar-refractivity contribution in [1.29, 1.82) is 0 Å². The van der Waals surface area contributed by atoms with Crippen molar-refractivity contribution in [2.75, 3.05) is 53.7 Å². The number of sulfone groups is 1. The van der Waals surface area contributed by atoms with Crippen molar-refractivity contribution in [3.05, 3.63) is 29.8 Å². The van der Waals surface area contributed by atoms with Gasteiger partial charge < -0.3 is 14.5 Å². The summed E-state index contributed by atoms with van der Waals surface area (Å²) in [5, 5.41) is 0. The van der Waals surface area contributed by atoms with Crippen LogP contribution in [0.15, 0.2) is 29.2 Å². The highest BCUT2D eigenvalue weighted by Crippen LogP contribution is 2.13. The van der Waals surface area contributed by atoms with Gasteiger partial charge in [0.2, 0.25) is 0 Å². The number of benzene rings is 1. The summed E-state index contributed by atoms with van der Waals surface area (Å²) < 4.78 is 28.3. The number of ether oxygens (including phenoxy) is 1. The molecule has 0 heterocycles. The number of carbonyl (C=O) groups excluding carboxylic acids is 1. The van der Waals surface area contributed by atoms with Crippen LogP contribution in [-0.4, -0.2) is 77.8 Å². The molecule has 0 aliphatic rings. The maximum atomic E-state index is 12.6. The molecule has 1 amide bonds. The second-order valence-electron chi connectivity index (χ2n) is 5.39. The van der Waals surface area contributed by atoms with E-state index in [0.29, 0.717) is 25.3 Å². The molecule has 22 heavy (non-hydrogen) atoms.